The highest BCUT2D eigenvalue weighted by Gasteiger charge is 2.39. The summed E-state index contributed by atoms with van der Waals surface area (Å²) in [7, 11) is 0. The number of anilines is 1. The minimum absolute atomic E-state index is 0.188. The number of thiazole rings is 1. The van der Waals surface area contributed by atoms with Crippen molar-refractivity contribution < 1.29 is 14.1 Å². The zero-order chi connectivity index (χ0) is 23.4. The summed E-state index contributed by atoms with van der Waals surface area (Å²) in [6.07, 6.45) is 6.91. The van der Waals surface area contributed by atoms with Gasteiger partial charge in [-0.3, -0.25) is 4.79 Å². The third kappa shape index (κ3) is 3.76. The smallest absolute Gasteiger partial charge is 0.298 e. The quantitative estimate of drug-likeness (QED) is 0.341. The van der Waals surface area contributed by atoms with E-state index in [9.17, 15) is 4.79 Å². The van der Waals surface area contributed by atoms with Gasteiger partial charge in [-0.1, -0.05) is 39.0 Å². The molecule has 0 radical (unpaired) electrons. The molecule has 5 rings (SSSR count). The van der Waals surface area contributed by atoms with Crippen molar-refractivity contribution in [1.29, 1.82) is 0 Å². The summed E-state index contributed by atoms with van der Waals surface area (Å²) in [5, 5.41) is 1.20. The van der Waals surface area contributed by atoms with Gasteiger partial charge in [0.05, 0.1) is 0 Å². The van der Waals surface area contributed by atoms with E-state index in [0.29, 0.717) is 12.2 Å². The monoisotopic (exact) mass is 461 g/mol. The van der Waals surface area contributed by atoms with Gasteiger partial charge in [0.25, 0.3) is 11.5 Å². The highest BCUT2D eigenvalue weighted by atomic mass is 32.1. The molecule has 33 heavy (non-hydrogen) atoms. The van der Waals surface area contributed by atoms with Gasteiger partial charge in [0, 0.05) is 37.0 Å². The Morgan fingerprint density at radius 1 is 1.03 bits per heavy atom. The van der Waals surface area contributed by atoms with Gasteiger partial charge in [-0.15, -0.1) is 0 Å². The first-order chi connectivity index (χ1) is 15.7. The van der Waals surface area contributed by atoms with Crippen molar-refractivity contribution >= 4 is 45.9 Å². The molecule has 5 heteroatoms. The zero-order valence-electron chi connectivity index (χ0n) is 20.3. The summed E-state index contributed by atoms with van der Waals surface area (Å²) in [6.45, 7) is 15.4. The minimum atomic E-state index is 0.188. The molecule has 0 atom stereocenters. The lowest BCUT2D eigenvalue weighted by Gasteiger charge is -2.48. The van der Waals surface area contributed by atoms with Crippen LogP contribution in [0.25, 0.3) is 22.4 Å². The third-order valence-corrected chi connectivity index (χ3v) is 8.65. The van der Waals surface area contributed by atoms with Gasteiger partial charge >= 0.3 is 0 Å². The Bertz CT molecular complexity index is 1230. The van der Waals surface area contributed by atoms with Crippen LogP contribution in [0.3, 0.4) is 0 Å². The highest BCUT2D eigenvalue weighted by molar-refractivity contribution is 7.18. The Morgan fingerprint density at radius 2 is 1.70 bits per heavy atom. The number of benzene rings is 2. The molecule has 2 aromatic carbocycles. The van der Waals surface area contributed by atoms with E-state index >= 15 is 0 Å². The average Bonchev–Trinajstić information content (AvgIpc) is 3.13. The molecule has 0 spiro atoms. The largest absolute Gasteiger partial charge is 0.429 e. The van der Waals surface area contributed by atoms with E-state index in [-0.39, 0.29) is 10.8 Å². The maximum atomic E-state index is 10.7. The van der Waals surface area contributed by atoms with Crippen molar-refractivity contribution in [1.82, 2.24) is 0 Å². The molecule has 2 aliphatic heterocycles. The van der Waals surface area contributed by atoms with Crippen molar-refractivity contribution in [3.05, 3.63) is 52.0 Å². The predicted molar refractivity (Wildman–Crippen MR) is 137 cm³/mol. The van der Waals surface area contributed by atoms with Crippen LogP contribution in [0.5, 0.6) is 5.75 Å². The molecule has 0 saturated carbocycles. The Morgan fingerprint density at radius 3 is 2.30 bits per heavy atom. The summed E-state index contributed by atoms with van der Waals surface area (Å²) in [6, 6.07) is 10.7. The van der Waals surface area contributed by atoms with Gasteiger partial charge < -0.3 is 9.64 Å². The number of fused-ring (bicyclic) bond motifs is 1. The lowest BCUT2D eigenvalue weighted by Crippen LogP contribution is -2.44. The molecule has 2 aliphatic rings. The van der Waals surface area contributed by atoms with Gasteiger partial charge in [0.1, 0.15) is 17.0 Å². The molecular weight excluding hydrogens is 428 g/mol. The van der Waals surface area contributed by atoms with Crippen LogP contribution in [-0.2, 0) is 22.2 Å². The van der Waals surface area contributed by atoms with Crippen LogP contribution in [0.4, 0.5) is 5.69 Å². The number of ether oxygens (including phenoxy) is 1. The molecule has 3 heterocycles. The number of hydrogen-bond donors (Lipinski definition) is 0. The molecule has 0 aliphatic carbocycles. The van der Waals surface area contributed by atoms with Crippen molar-refractivity contribution in [2.75, 3.05) is 18.0 Å². The summed E-state index contributed by atoms with van der Waals surface area (Å²) in [5.41, 5.74) is 7.30. The van der Waals surface area contributed by atoms with Gasteiger partial charge in [0.2, 0.25) is 5.52 Å². The highest BCUT2D eigenvalue weighted by Crippen LogP contribution is 2.49. The molecule has 1 aromatic heterocycles. The number of aryl methyl sites for hydroxylation is 1. The second kappa shape index (κ2) is 7.98. The van der Waals surface area contributed by atoms with Gasteiger partial charge in [-0.25, -0.2) is 0 Å². The molecule has 0 fully saturated rings. The minimum Gasteiger partial charge on any atom is -0.429 e. The molecule has 0 unspecified atom stereocenters. The van der Waals surface area contributed by atoms with E-state index in [1.165, 1.54) is 45.7 Å². The van der Waals surface area contributed by atoms with E-state index in [2.05, 4.69) is 68.4 Å². The summed E-state index contributed by atoms with van der Waals surface area (Å²) >= 11 is 1.73. The third-order valence-electron chi connectivity index (χ3n) is 7.54. The predicted octanol–water partition coefficient (Wildman–Crippen LogP) is 6.08. The van der Waals surface area contributed by atoms with E-state index in [1.54, 1.807) is 11.3 Å². The Labute approximate surface area is 200 Å². The van der Waals surface area contributed by atoms with Crippen LogP contribution in [0.1, 0.15) is 69.2 Å². The van der Waals surface area contributed by atoms with E-state index in [0.717, 1.165) is 24.3 Å². The van der Waals surface area contributed by atoms with Crippen LogP contribution in [0.2, 0.25) is 0 Å². The second-order valence-corrected chi connectivity index (χ2v) is 11.6. The number of rotatable bonds is 5. The standard InChI is InChI=1S/C28H33N2O2S/c1-6-30-23-9-8-20(32-18-31)17-24(23)33-25(30)10-7-19-15-21-26-22(16-19)28(4,5)12-14-29(26)13-11-27(21,2)3/h7-10,15-18H,6,11-14H2,1-5H3/q+1. The van der Waals surface area contributed by atoms with Crippen LogP contribution in [0, 0.1) is 0 Å². The second-order valence-electron chi connectivity index (χ2n) is 10.6. The molecular formula is C28H33N2O2S+. The maximum Gasteiger partial charge on any atom is 0.298 e. The SMILES string of the molecule is CC[n+]1c(/C=C/c2cc3c4c(c2)C(C)(C)CCN4CCC3(C)C)sc2cc(OC=O)ccc21. The lowest BCUT2D eigenvalue weighted by atomic mass is 9.69. The van der Waals surface area contributed by atoms with E-state index in [4.69, 9.17) is 4.74 Å². The van der Waals surface area contributed by atoms with Crippen LogP contribution in [-0.4, -0.2) is 19.6 Å². The number of carbonyl (C=O) groups is 1. The molecule has 0 amide bonds. The Hall–Kier alpha value is -2.66. The van der Waals surface area contributed by atoms with Crippen LogP contribution in [0.15, 0.2) is 30.3 Å². The molecule has 0 saturated heterocycles. The van der Waals surface area contributed by atoms with Gasteiger partial charge in [-0.2, -0.15) is 4.57 Å². The van der Waals surface area contributed by atoms with Crippen molar-refractivity contribution in [3.8, 4) is 5.75 Å². The number of hydrogen-bond acceptors (Lipinski definition) is 4. The average molecular weight is 462 g/mol. The first-order valence-corrected chi connectivity index (χ1v) is 12.7. The van der Waals surface area contributed by atoms with Crippen molar-refractivity contribution in [3.63, 3.8) is 0 Å². The lowest BCUT2D eigenvalue weighted by molar-refractivity contribution is -0.665. The van der Waals surface area contributed by atoms with Gasteiger partial charge in [0.15, 0.2) is 0 Å². The Kier molecular flexibility index (Phi) is 5.36. The first kappa shape index (κ1) is 22.1. The first-order valence-electron chi connectivity index (χ1n) is 11.9. The molecule has 3 aromatic rings. The number of nitrogens with zero attached hydrogens (tertiary/aromatic N) is 2. The normalized spacial score (nSPS) is 18.5. The Balaban J connectivity index is 1.60. The number of aromatic nitrogens is 1. The van der Waals surface area contributed by atoms with Gasteiger partial charge in [-0.05, 0) is 71.6 Å². The molecule has 0 bridgehead atoms. The summed E-state index contributed by atoms with van der Waals surface area (Å²) < 4.78 is 8.49. The van der Waals surface area contributed by atoms with Crippen LogP contribution >= 0.6 is 11.3 Å². The van der Waals surface area contributed by atoms with E-state index < -0.39 is 0 Å². The summed E-state index contributed by atoms with van der Waals surface area (Å²) in [4.78, 5) is 13.3. The van der Waals surface area contributed by atoms with Crippen molar-refractivity contribution in [2.45, 2.75) is 64.8 Å². The fourth-order valence-electron chi connectivity index (χ4n) is 5.39. The maximum absolute atomic E-state index is 10.7. The summed E-state index contributed by atoms with van der Waals surface area (Å²) in [5.74, 6) is 0.584. The zero-order valence-corrected chi connectivity index (χ0v) is 21.1. The van der Waals surface area contributed by atoms with E-state index in [1.807, 2.05) is 18.2 Å². The fourth-order valence-corrected chi connectivity index (χ4v) is 6.55. The van der Waals surface area contributed by atoms with Crippen LogP contribution < -0.4 is 14.2 Å². The molecule has 0 N–H and O–H groups in total. The van der Waals surface area contributed by atoms with Crippen molar-refractivity contribution in [2.24, 2.45) is 0 Å². The molecule has 4 nitrogen and oxygen atoms in total. The molecule has 172 valence electrons. The fraction of sp³-hybridized carbons (Fsp3) is 0.429. The number of carbonyl (C=O) groups excluding carboxylic acids is 1. The topological polar surface area (TPSA) is 33.4 Å².